The molecule has 3 fully saturated rings. The Hall–Kier alpha value is -2.48. The molecule has 4 N–H and O–H groups in total. The zero-order valence-electron chi connectivity index (χ0n) is 18.1. The van der Waals surface area contributed by atoms with E-state index in [9.17, 15) is 4.79 Å². The van der Waals surface area contributed by atoms with Crippen LogP contribution in [0.4, 0.5) is 4.79 Å². The predicted octanol–water partition coefficient (Wildman–Crippen LogP) is 2.12. The van der Waals surface area contributed by atoms with Gasteiger partial charge < -0.3 is 15.5 Å². The van der Waals surface area contributed by atoms with E-state index in [0.29, 0.717) is 23.9 Å². The Balaban J connectivity index is 1.18. The van der Waals surface area contributed by atoms with Crippen molar-refractivity contribution in [3.05, 3.63) is 65.5 Å². The molecule has 3 heterocycles. The van der Waals surface area contributed by atoms with Crippen molar-refractivity contribution >= 4 is 6.03 Å². The molecule has 0 bridgehead atoms. The van der Waals surface area contributed by atoms with E-state index in [4.69, 9.17) is 0 Å². The fourth-order valence-corrected chi connectivity index (χ4v) is 5.48. The lowest BCUT2D eigenvalue weighted by Crippen LogP contribution is -2.61. The summed E-state index contributed by atoms with van der Waals surface area (Å²) in [4.78, 5) is 19.0. The van der Waals surface area contributed by atoms with Crippen molar-refractivity contribution in [3.63, 3.8) is 0 Å². The highest BCUT2D eigenvalue weighted by Gasteiger charge is 2.47. The number of fused-ring (bicyclic) bond motifs is 2. The first kappa shape index (κ1) is 20.4. The molecule has 0 radical (unpaired) electrons. The largest absolute Gasteiger partial charge is 0.335 e. The maximum Gasteiger partial charge on any atom is 0.317 e. The molecule has 31 heavy (non-hydrogen) atoms. The molecule has 5 unspecified atom stereocenters. The summed E-state index contributed by atoms with van der Waals surface area (Å²) in [5, 5.41) is 6.75. The minimum Gasteiger partial charge on any atom is -0.335 e. The number of aromatic nitrogens is 1. The van der Waals surface area contributed by atoms with Gasteiger partial charge in [0.1, 0.15) is 0 Å². The lowest BCUT2D eigenvalue weighted by atomic mass is 9.71. The molecule has 1 aromatic carbocycles. The summed E-state index contributed by atoms with van der Waals surface area (Å²) in [5.74, 6) is 1.01. The van der Waals surface area contributed by atoms with E-state index in [1.165, 1.54) is 11.1 Å². The second-order valence-electron chi connectivity index (χ2n) is 9.16. The molecule has 0 spiro atoms. The molecule has 5 rings (SSSR count). The molecule has 2 aliphatic heterocycles. The lowest BCUT2D eigenvalue weighted by Gasteiger charge is -2.45. The zero-order valence-corrected chi connectivity index (χ0v) is 18.1. The van der Waals surface area contributed by atoms with Crippen LogP contribution in [-0.4, -0.2) is 47.6 Å². The van der Waals surface area contributed by atoms with Crippen molar-refractivity contribution in [2.45, 2.75) is 44.4 Å². The second-order valence-corrected chi connectivity index (χ2v) is 9.16. The third kappa shape index (κ3) is 4.44. The number of nitrogens with one attached hydrogen (secondary N) is 4. The number of nitrogens with zero attached hydrogens (tertiary/aromatic N) is 2. The summed E-state index contributed by atoms with van der Waals surface area (Å²) in [6, 6.07) is 15.7. The van der Waals surface area contributed by atoms with Crippen LogP contribution in [0.2, 0.25) is 0 Å². The third-order valence-electron chi connectivity index (χ3n) is 7.08. The van der Waals surface area contributed by atoms with Crippen LogP contribution >= 0.6 is 0 Å². The molecule has 3 aliphatic rings. The molecule has 2 aromatic rings. The minimum absolute atomic E-state index is 0.0773. The summed E-state index contributed by atoms with van der Waals surface area (Å²) in [6.45, 7) is 5.25. The molecule has 1 aliphatic carbocycles. The second kappa shape index (κ2) is 8.94. The predicted molar refractivity (Wildman–Crippen MR) is 120 cm³/mol. The van der Waals surface area contributed by atoms with Crippen LogP contribution in [-0.2, 0) is 6.54 Å². The van der Waals surface area contributed by atoms with Crippen LogP contribution in [0.5, 0.6) is 0 Å². The van der Waals surface area contributed by atoms with Crippen LogP contribution in [0.1, 0.15) is 35.7 Å². The molecule has 2 saturated heterocycles. The number of rotatable bonds is 6. The van der Waals surface area contributed by atoms with Crippen LogP contribution in [0.25, 0.3) is 0 Å². The van der Waals surface area contributed by atoms with Crippen molar-refractivity contribution in [1.29, 1.82) is 0 Å². The van der Waals surface area contributed by atoms with E-state index in [1.54, 1.807) is 0 Å². The van der Waals surface area contributed by atoms with Crippen molar-refractivity contribution < 1.29 is 4.79 Å². The average Bonchev–Trinajstić information content (AvgIpc) is 3.19. The molecule has 1 saturated carbocycles. The first-order valence-electron chi connectivity index (χ1n) is 11.4. The number of benzene rings is 1. The van der Waals surface area contributed by atoms with Gasteiger partial charge >= 0.3 is 6.03 Å². The van der Waals surface area contributed by atoms with Gasteiger partial charge in [-0.15, -0.1) is 0 Å². The highest BCUT2D eigenvalue weighted by Crippen LogP contribution is 2.41. The number of carbonyl (C=O) groups is 1. The highest BCUT2D eigenvalue weighted by molar-refractivity contribution is 5.75. The summed E-state index contributed by atoms with van der Waals surface area (Å²) in [7, 11) is 0. The Morgan fingerprint density at radius 2 is 2.00 bits per heavy atom. The normalized spacial score (nSPS) is 29.9. The highest BCUT2D eigenvalue weighted by atomic mass is 16.2. The van der Waals surface area contributed by atoms with Crippen molar-refractivity contribution in [2.24, 2.45) is 11.8 Å². The SMILES string of the molecule is Cc1cc(C2NNC3CC4NC(=O)N(CCNCc5ccccc5)CC4CC32)ccn1. The van der Waals surface area contributed by atoms with Gasteiger partial charge in [-0.25, -0.2) is 10.2 Å². The number of aryl methyl sites for hydroxylation is 1. The number of hydrazine groups is 1. The van der Waals surface area contributed by atoms with Crippen molar-refractivity contribution in [2.75, 3.05) is 19.6 Å². The standard InChI is InChI=1S/C24H32N6O/c1-16-11-18(7-8-26-16)23-20-12-19-15-30(10-9-25-14-17-5-3-2-4-6-17)24(31)27-21(19)13-22(20)28-29-23/h2-8,11,19-23,25,28-29H,9-10,12-15H2,1H3,(H,27,31). The Labute approximate surface area is 184 Å². The quantitative estimate of drug-likeness (QED) is 0.539. The summed E-state index contributed by atoms with van der Waals surface area (Å²) in [6.07, 6.45) is 3.99. The van der Waals surface area contributed by atoms with Crippen molar-refractivity contribution in [1.82, 2.24) is 31.4 Å². The van der Waals surface area contributed by atoms with Crippen LogP contribution in [0.3, 0.4) is 0 Å². The molecular weight excluding hydrogens is 388 g/mol. The number of amides is 2. The summed E-state index contributed by atoms with van der Waals surface area (Å²) in [5.41, 5.74) is 10.6. The van der Waals surface area contributed by atoms with Crippen molar-refractivity contribution in [3.8, 4) is 0 Å². The molecule has 7 nitrogen and oxygen atoms in total. The molecule has 7 heteroatoms. The maximum absolute atomic E-state index is 12.7. The Kier molecular flexibility index (Phi) is 5.89. The monoisotopic (exact) mass is 420 g/mol. The number of pyridine rings is 1. The van der Waals surface area contributed by atoms with Crippen LogP contribution in [0.15, 0.2) is 48.7 Å². The Morgan fingerprint density at radius 3 is 2.84 bits per heavy atom. The number of hydrogen-bond donors (Lipinski definition) is 4. The van der Waals surface area contributed by atoms with Gasteiger partial charge in [-0.1, -0.05) is 30.3 Å². The van der Waals surface area contributed by atoms with E-state index in [2.05, 4.69) is 62.9 Å². The van der Waals surface area contributed by atoms with Gasteiger partial charge in [0, 0.05) is 50.2 Å². The van der Waals surface area contributed by atoms with E-state index in [0.717, 1.165) is 44.7 Å². The first-order valence-corrected chi connectivity index (χ1v) is 11.4. The Morgan fingerprint density at radius 1 is 1.13 bits per heavy atom. The fourth-order valence-electron chi connectivity index (χ4n) is 5.48. The van der Waals surface area contributed by atoms with Gasteiger partial charge in [0.25, 0.3) is 0 Å². The van der Waals surface area contributed by atoms with Gasteiger partial charge in [-0.2, -0.15) is 0 Å². The van der Waals surface area contributed by atoms with E-state index < -0.39 is 0 Å². The van der Waals surface area contributed by atoms with Crippen LogP contribution in [0, 0.1) is 18.8 Å². The zero-order chi connectivity index (χ0) is 21.2. The number of carbonyl (C=O) groups excluding carboxylic acids is 1. The third-order valence-corrected chi connectivity index (χ3v) is 7.08. The average molecular weight is 421 g/mol. The van der Waals surface area contributed by atoms with Gasteiger partial charge in [-0.05, 0) is 54.9 Å². The first-order chi connectivity index (χ1) is 15.2. The summed E-state index contributed by atoms with van der Waals surface area (Å²) >= 11 is 0. The number of hydrogen-bond acceptors (Lipinski definition) is 5. The molecule has 5 atom stereocenters. The van der Waals surface area contributed by atoms with Gasteiger partial charge in [0.05, 0.1) is 6.04 Å². The van der Waals surface area contributed by atoms with E-state index >= 15 is 0 Å². The smallest absolute Gasteiger partial charge is 0.317 e. The summed E-state index contributed by atoms with van der Waals surface area (Å²) < 4.78 is 0. The lowest BCUT2D eigenvalue weighted by molar-refractivity contribution is 0.0993. The molecular formula is C24H32N6O. The van der Waals surface area contributed by atoms with Gasteiger partial charge in [-0.3, -0.25) is 10.4 Å². The Bertz CT molecular complexity index is 906. The van der Waals surface area contributed by atoms with Gasteiger partial charge in [0.2, 0.25) is 0 Å². The minimum atomic E-state index is 0.0773. The topological polar surface area (TPSA) is 81.3 Å². The van der Waals surface area contributed by atoms with Gasteiger partial charge in [0.15, 0.2) is 0 Å². The molecule has 1 aromatic heterocycles. The van der Waals surface area contributed by atoms with Crippen LogP contribution < -0.4 is 21.5 Å². The molecule has 2 amide bonds. The molecule has 164 valence electrons. The number of urea groups is 1. The fraction of sp³-hybridized carbons (Fsp3) is 0.500. The maximum atomic E-state index is 12.7. The van der Waals surface area contributed by atoms with E-state index in [1.807, 2.05) is 24.1 Å². The van der Waals surface area contributed by atoms with E-state index in [-0.39, 0.29) is 12.1 Å².